The normalized spacial score (nSPS) is 25.2. The molecule has 12 heavy (non-hydrogen) atoms. The first-order chi connectivity index (χ1) is 5.64. The van der Waals surface area contributed by atoms with Crippen LogP contribution in [0.3, 0.4) is 0 Å². The maximum absolute atomic E-state index is 11.6. The molecule has 1 rings (SSSR count). The molecule has 0 aliphatic heterocycles. The van der Waals surface area contributed by atoms with Crippen LogP contribution in [0, 0.1) is 0 Å². The lowest BCUT2D eigenvalue weighted by molar-refractivity contribution is 0.165. The lowest BCUT2D eigenvalue weighted by Crippen LogP contribution is -2.14. The Kier molecular flexibility index (Phi) is 4.15. The molecule has 1 fully saturated rings. The summed E-state index contributed by atoms with van der Waals surface area (Å²) in [5.74, 6) is 0. The molecular weight excluding hydrogens is 191 g/mol. The van der Waals surface area contributed by atoms with Crippen molar-refractivity contribution in [3.63, 3.8) is 0 Å². The summed E-state index contributed by atoms with van der Waals surface area (Å²) in [5, 5.41) is 0. The van der Waals surface area contributed by atoms with Crippen molar-refractivity contribution in [2.24, 2.45) is 0 Å². The van der Waals surface area contributed by atoms with Gasteiger partial charge in [-0.3, -0.25) is 4.57 Å². The second kappa shape index (κ2) is 4.69. The summed E-state index contributed by atoms with van der Waals surface area (Å²) >= 11 is 1.35. The summed E-state index contributed by atoms with van der Waals surface area (Å²) in [6.45, 7) is -0.611. The van der Waals surface area contributed by atoms with E-state index in [1.54, 1.807) is 6.66 Å². The Balaban J connectivity index is 2.34. The van der Waals surface area contributed by atoms with Crippen LogP contribution in [-0.4, -0.2) is 19.0 Å². The average molecular weight is 208 g/mol. The van der Waals surface area contributed by atoms with Crippen LogP contribution in [0.15, 0.2) is 0 Å². The highest BCUT2D eigenvalue weighted by atomic mass is 32.7. The van der Waals surface area contributed by atoms with Crippen molar-refractivity contribution in [2.45, 2.75) is 38.2 Å². The van der Waals surface area contributed by atoms with Gasteiger partial charge in [-0.15, -0.1) is 0 Å². The monoisotopic (exact) mass is 208 g/mol. The molecule has 1 saturated carbocycles. The lowest BCUT2D eigenvalue weighted by atomic mass is 9.98. The Morgan fingerprint density at radius 1 is 1.33 bits per heavy atom. The fourth-order valence-corrected chi connectivity index (χ4v) is 2.95. The van der Waals surface area contributed by atoms with E-state index in [4.69, 9.17) is 4.52 Å². The zero-order valence-electron chi connectivity index (χ0n) is 7.78. The number of hydrogen-bond acceptors (Lipinski definition) is 3. The van der Waals surface area contributed by atoms with Crippen molar-refractivity contribution in [1.29, 1.82) is 0 Å². The summed E-state index contributed by atoms with van der Waals surface area (Å²) < 4.78 is 17.1. The van der Waals surface area contributed by atoms with Gasteiger partial charge in [0.15, 0.2) is 0 Å². The molecule has 1 atom stereocenters. The van der Waals surface area contributed by atoms with E-state index in [0.29, 0.717) is 0 Å². The van der Waals surface area contributed by atoms with Crippen molar-refractivity contribution < 1.29 is 9.09 Å². The molecule has 0 spiro atoms. The smallest absolute Gasteiger partial charge is 0.254 e. The average Bonchev–Trinajstić information content (AvgIpc) is 2.06. The van der Waals surface area contributed by atoms with Gasteiger partial charge in [-0.25, -0.2) is 0 Å². The van der Waals surface area contributed by atoms with Gasteiger partial charge in [0.1, 0.15) is 0 Å². The Morgan fingerprint density at radius 2 is 1.92 bits per heavy atom. The Bertz CT molecular complexity index is 178. The van der Waals surface area contributed by atoms with Crippen LogP contribution in [0.5, 0.6) is 0 Å². The van der Waals surface area contributed by atoms with E-state index in [0.717, 1.165) is 12.8 Å². The molecule has 4 heteroatoms. The van der Waals surface area contributed by atoms with Gasteiger partial charge in [-0.2, -0.15) is 0 Å². The standard InChI is InChI=1S/C8H17O2PS/c1-11(9,12-2)10-8-6-4-3-5-7-8/h8H,3-7H2,1-2H3/t11-/m1/s1. The third kappa shape index (κ3) is 3.51. The molecule has 2 nitrogen and oxygen atoms in total. The molecule has 72 valence electrons. The van der Waals surface area contributed by atoms with Crippen LogP contribution in [0.4, 0.5) is 0 Å². The first-order valence-corrected chi connectivity index (χ1v) is 8.36. The van der Waals surface area contributed by atoms with Crippen LogP contribution >= 0.6 is 18.0 Å². The summed E-state index contributed by atoms with van der Waals surface area (Å²) in [5.41, 5.74) is 0. The van der Waals surface area contributed by atoms with Crippen LogP contribution < -0.4 is 0 Å². The fraction of sp³-hybridized carbons (Fsp3) is 1.00. The van der Waals surface area contributed by atoms with E-state index in [9.17, 15) is 4.57 Å². The van der Waals surface area contributed by atoms with Gasteiger partial charge in [0, 0.05) is 6.66 Å². The third-order valence-electron chi connectivity index (χ3n) is 2.22. The summed E-state index contributed by atoms with van der Waals surface area (Å²) in [4.78, 5) is 0. The quantitative estimate of drug-likeness (QED) is 0.664. The van der Waals surface area contributed by atoms with Crippen LogP contribution in [0.1, 0.15) is 32.1 Å². The molecule has 0 aromatic heterocycles. The Labute approximate surface area is 78.6 Å². The second-order valence-electron chi connectivity index (χ2n) is 3.32. The maximum Gasteiger partial charge on any atom is 0.254 e. The lowest BCUT2D eigenvalue weighted by Gasteiger charge is -2.24. The van der Waals surface area contributed by atoms with Gasteiger partial charge in [-0.05, 0) is 19.1 Å². The molecule has 0 heterocycles. The molecule has 0 amide bonds. The van der Waals surface area contributed by atoms with Crippen molar-refractivity contribution in [3.05, 3.63) is 0 Å². The largest absolute Gasteiger partial charge is 0.318 e. The highest BCUT2D eigenvalue weighted by Gasteiger charge is 2.22. The van der Waals surface area contributed by atoms with Crippen LogP contribution in [-0.2, 0) is 9.09 Å². The molecular formula is C8H17O2PS. The molecule has 0 aromatic carbocycles. The second-order valence-corrected chi connectivity index (χ2v) is 8.52. The minimum absolute atomic E-state index is 0.266. The van der Waals surface area contributed by atoms with Crippen molar-refractivity contribution in [2.75, 3.05) is 12.9 Å². The molecule has 0 bridgehead atoms. The van der Waals surface area contributed by atoms with E-state index in [1.807, 2.05) is 6.26 Å². The Morgan fingerprint density at radius 3 is 2.42 bits per heavy atom. The highest BCUT2D eigenvalue weighted by Crippen LogP contribution is 2.56. The van der Waals surface area contributed by atoms with Gasteiger partial charge < -0.3 is 4.52 Å². The number of rotatable bonds is 3. The van der Waals surface area contributed by atoms with E-state index in [2.05, 4.69) is 0 Å². The first-order valence-electron chi connectivity index (χ1n) is 4.46. The van der Waals surface area contributed by atoms with Crippen LogP contribution in [0.2, 0.25) is 0 Å². The fourth-order valence-electron chi connectivity index (χ4n) is 1.48. The first kappa shape index (κ1) is 10.6. The molecule has 0 N–H and O–H groups in total. The van der Waals surface area contributed by atoms with Gasteiger partial charge >= 0.3 is 0 Å². The molecule has 0 saturated heterocycles. The summed E-state index contributed by atoms with van der Waals surface area (Å²) in [6, 6.07) is 0. The molecule has 0 radical (unpaired) electrons. The molecule has 0 unspecified atom stereocenters. The summed E-state index contributed by atoms with van der Waals surface area (Å²) in [7, 11) is 0. The predicted octanol–water partition coefficient (Wildman–Crippen LogP) is 3.52. The maximum atomic E-state index is 11.6. The summed E-state index contributed by atoms with van der Waals surface area (Å²) in [6.07, 6.45) is 8.09. The van der Waals surface area contributed by atoms with Crippen molar-refractivity contribution >= 4 is 18.0 Å². The predicted molar refractivity (Wildman–Crippen MR) is 55.0 cm³/mol. The minimum atomic E-state index is -2.33. The van der Waals surface area contributed by atoms with E-state index in [-0.39, 0.29) is 6.10 Å². The SMILES string of the molecule is CS[P@](C)(=O)OC1CCCCC1. The van der Waals surface area contributed by atoms with Gasteiger partial charge in [0.25, 0.3) is 6.57 Å². The third-order valence-corrected chi connectivity index (χ3v) is 5.82. The molecule has 0 aromatic rings. The van der Waals surface area contributed by atoms with Crippen molar-refractivity contribution in [1.82, 2.24) is 0 Å². The van der Waals surface area contributed by atoms with E-state index in [1.165, 1.54) is 30.6 Å². The zero-order chi connectivity index (χ0) is 9.03. The molecule has 1 aliphatic carbocycles. The van der Waals surface area contributed by atoms with Crippen molar-refractivity contribution in [3.8, 4) is 0 Å². The molecule has 1 aliphatic rings. The Hall–Kier alpha value is 0.540. The number of hydrogen-bond donors (Lipinski definition) is 0. The highest BCUT2D eigenvalue weighted by molar-refractivity contribution is 8.56. The van der Waals surface area contributed by atoms with Gasteiger partial charge in [0.05, 0.1) is 6.10 Å². The minimum Gasteiger partial charge on any atom is -0.318 e. The van der Waals surface area contributed by atoms with Gasteiger partial charge in [0.2, 0.25) is 0 Å². The van der Waals surface area contributed by atoms with E-state index >= 15 is 0 Å². The van der Waals surface area contributed by atoms with Crippen LogP contribution in [0.25, 0.3) is 0 Å². The van der Waals surface area contributed by atoms with Gasteiger partial charge in [-0.1, -0.05) is 30.6 Å². The zero-order valence-corrected chi connectivity index (χ0v) is 9.50. The van der Waals surface area contributed by atoms with E-state index < -0.39 is 6.57 Å². The topological polar surface area (TPSA) is 26.3 Å².